The van der Waals surface area contributed by atoms with Crippen molar-refractivity contribution in [3.05, 3.63) is 39.9 Å². The Morgan fingerprint density at radius 1 is 1.33 bits per heavy atom. The van der Waals surface area contributed by atoms with Crippen molar-refractivity contribution in [1.29, 1.82) is 0 Å². The molecule has 5 heteroatoms. The molecule has 0 bridgehead atoms. The maximum absolute atomic E-state index is 12.0. The summed E-state index contributed by atoms with van der Waals surface area (Å²) in [6.45, 7) is 5.44. The minimum absolute atomic E-state index is 0.00621. The number of nitrogens with zero attached hydrogens (tertiary/aromatic N) is 1. The summed E-state index contributed by atoms with van der Waals surface area (Å²) in [5.41, 5.74) is -0.0139. The molecule has 96 valence electrons. The highest BCUT2D eigenvalue weighted by Gasteiger charge is 2.51. The Hall–Kier alpha value is -1.75. The van der Waals surface area contributed by atoms with E-state index in [1.165, 1.54) is 6.07 Å². The van der Waals surface area contributed by atoms with Crippen molar-refractivity contribution in [2.24, 2.45) is 5.41 Å². The molecule has 1 aliphatic heterocycles. The van der Waals surface area contributed by atoms with Crippen LogP contribution < -0.4 is 0 Å². The standard InChI is InChI=1S/C13H15NO4/c1-13(2,3)12(15)11-10(18-11)8-6-4-5-7-9(8)14(16)17/h4-7,10-11H,1-3H3/t10-,11+/m1/s1. The average Bonchev–Trinajstić information content (AvgIpc) is 3.06. The number of rotatable bonds is 3. The van der Waals surface area contributed by atoms with Crippen molar-refractivity contribution in [1.82, 2.24) is 0 Å². The van der Waals surface area contributed by atoms with Crippen LogP contribution >= 0.6 is 0 Å². The fraction of sp³-hybridized carbons (Fsp3) is 0.462. The van der Waals surface area contributed by atoms with Crippen LogP contribution in [0.2, 0.25) is 0 Å². The van der Waals surface area contributed by atoms with E-state index in [1.807, 2.05) is 20.8 Å². The van der Waals surface area contributed by atoms with Gasteiger partial charge in [-0.05, 0) is 6.07 Å². The molecule has 0 radical (unpaired) electrons. The molecule has 0 amide bonds. The number of nitro groups is 1. The lowest BCUT2D eigenvalue weighted by atomic mass is 9.87. The summed E-state index contributed by atoms with van der Waals surface area (Å²) in [4.78, 5) is 22.4. The molecule has 1 fully saturated rings. The molecule has 0 unspecified atom stereocenters. The van der Waals surface area contributed by atoms with Gasteiger partial charge in [0.2, 0.25) is 0 Å². The minimum Gasteiger partial charge on any atom is -0.356 e. The summed E-state index contributed by atoms with van der Waals surface area (Å²) in [7, 11) is 0. The summed E-state index contributed by atoms with van der Waals surface area (Å²) in [5.74, 6) is -0.0225. The Morgan fingerprint density at radius 2 is 1.94 bits per heavy atom. The molecule has 0 aromatic heterocycles. The zero-order valence-electron chi connectivity index (χ0n) is 10.5. The van der Waals surface area contributed by atoms with Crippen LogP contribution in [-0.2, 0) is 9.53 Å². The van der Waals surface area contributed by atoms with Gasteiger partial charge >= 0.3 is 0 Å². The Bertz CT molecular complexity index is 504. The predicted molar refractivity (Wildman–Crippen MR) is 65.2 cm³/mol. The van der Waals surface area contributed by atoms with Crippen molar-refractivity contribution >= 4 is 11.5 Å². The third kappa shape index (κ3) is 2.26. The first-order valence-electron chi connectivity index (χ1n) is 5.75. The number of carbonyl (C=O) groups excluding carboxylic acids is 1. The van der Waals surface area contributed by atoms with Gasteiger partial charge in [-0.25, -0.2) is 0 Å². The van der Waals surface area contributed by atoms with Gasteiger partial charge in [0.1, 0.15) is 12.2 Å². The van der Waals surface area contributed by atoms with Gasteiger partial charge in [-0.3, -0.25) is 14.9 Å². The van der Waals surface area contributed by atoms with Crippen LogP contribution in [0.3, 0.4) is 0 Å². The number of para-hydroxylation sites is 1. The highest BCUT2D eigenvalue weighted by Crippen LogP contribution is 2.45. The monoisotopic (exact) mass is 249 g/mol. The summed E-state index contributed by atoms with van der Waals surface area (Å²) in [6.07, 6.45) is -1.02. The second-order valence-corrected chi connectivity index (χ2v) is 5.41. The lowest BCUT2D eigenvalue weighted by molar-refractivity contribution is -0.385. The fourth-order valence-electron chi connectivity index (χ4n) is 1.87. The molecule has 0 spiro atoms. The van der Waals surface area contributed by atoms with Crippen LogP contribution in [-0.4, -0.2) is 16.8 Å². The molecular weight excluding hydrogens is 234 g/mol. The maximum atomic E-state index is 12.0. The number of benzene rings is 1. The zero-order chi connectivity index (χ0) is 13.5. The summed E-state index contributed by atoms with van der Waals surface area (Å²) in [6, 6.07) is 6.38. The second-order valence-electron chi connectivity index (χ2n) is 5.41. The third-order valence-electron chi connectivity index (χ3n) is 2.93. The first-order chi connectivity index (χ1) is 8.32. The van der Waals surface area contributed by atoms with E-state index in [0.29, 0.717) is 5.56 Å². The van der Waals surface area contributed by atoms with Gasteiger partial charge in [0.15, 0.2) is 5.78 Å². The molecular formula is C13H15NO4. The first kappa shape index (κ1) is 12.7. The van der Waals surface area contributed by atoms with Gasteiger partial charge in [0.05, 0.1) is 10.5 Å². The van der Waals surface area contributed by atoms with E-state index in [1.54, 1.807) is 18.2 Å². The lowest BCUT2D eigenvalue weighted by Crippen LogP contribution is -2.25. The van der Waals surface area contributed by atoms with Gasteiger partial charge in [-0.2, -0.15) is 0 Å². The van der Waals surface area contributed by atoms with E-state index < -0.39 is 22.5 Å². The minimum atomic E-state index is -0.550. The predicted octanol–water partition coefficient (Wildman–Crippen LogP) is 2.65. The van der Waals surface area contributed by atoms with Crippen LogP contribution in [0.15, 0.2) is 24.3 Å². The van der Waals surface area contributed by atoms with E-state index in [9.17, 15) is 14.9 Å². The van der Waals surface area contributed by atoms with Crippen LogP contribution in [0, 0.1) is 15.5 Å². The van der Waals surface area contributed by atoms with Gasteiger partial charge < -0.3 is 4.74 Å². The Balaban J connectivity index is 2.22. The average molecular weight is 249 g/mol. The largest absolute Gasteiger partial charge is 0.356 e. The topological polar surface area (TPSA) is 72.7 Å². The molecule has 1 aliphatic rings. The molecule has 1 aromatic rings. The van der Waals surface area contributed by atoms with Gasteiger partial charge in [0.25, 0.3) is 5.69 Å². The number of carbonyl (C=O) groups is 1. The number of ether oxygens (including phenoxy) is 1. The summed E-state index contributed by atoms with van der Waals surface area (Å²) in [5, 5.41) is 10.9. The molecule has 2 atom stereocenters. The number of Topliss-reactive ketones (excluding diaryl/α,β-unsaturated/α-hetero) is 1. The van der Waals surface area contributed by atoms with Gasteiger partial charge in [-0.1, -0.05) is 32.9 Å². The van der Waals surface area contributed by atoms with Crippen molar-refractivity contribution in [3.63, 3.8) is 0 Å². The maximum Gasteiger partial charge on any atom is 0.275 e. The van der Waals surface area contributed by atoms with Gasteiger partial charge in [-0.15, -0.1) is 0 Å². The zero-order valence-corrected chi connectivity index (χ0v) is 10.5. The molecule has 0 saturated carbocycles. The highest BCUT2D eigenvalue weighted by atomic mass is 16.6. The van der Waals surface area contributed by atoms with E-state index in [-0.39, 0.29) is 11.5 Å². The fourth-order valence-corrected chi connectivity index (χ4v) is 1.87. The smallest absolute Gasteiger partial charge is 0.275 e. The molecule has 1 saturated heterocycles. The number of ketones is 1. The number of hydrogen-bond acceptors (Lipinski definition) is 4. The molecule has 0 N–H and O–H groups in total. The van der Waals surface area contributed by atoms with Crippen LogP contribution in [0.5, 0.6) is 0 Å². The van der Waals surface area contributed by atoms with Crippen molar-refractivity contribution in [3.8, 4) is 0 Å². The molecule has 2 rings (SSSR count). The molecule has 18 heavy (non-hydrogen) atoms. The first-order valence-corrected chi connectivity index (χ1v) is 5.75. The lowest BCUT2D eigenvalue weighted by Gasteiger charge is -2.14. The van der Waals surface area contributed by atoms with E-state index in [4.69, 9.17) is 4.74 Å². The highest BCUT2D eigenvalue weighted by molar-refractivity contribution is 5.90. The van der Waals surface area contributed by atoms with E-state index in [2.05, 4.69) is 0 Å². The van der Waals surface area contributed by atoms with Crippen molar-refractivity contribution in [2.75, 3.05) is 0 Å². The van der Waals surface area contributed by atoms with E-state index in [0.717, 1.165) is 0 Å². The quantitative estimate of drug-likeness (QED) is 0.469. The summed E-state index contributed by atoms with van der Waals surface area (Å²) < 4.78 is 5.33. The number of epoxide rings is 1. The van der Waals surface area contributed by atoms with Crippen LogP contribution in [0.4, 0.5) is 5.69 Å². The van der Waals surface area contributed by atoms with Crippen molar-refractivity contribution < 1.29 is 14.5 Å². The second kappa shape index (κ2) is 4.17. The summed E-state index contributed by atoms with van der Waals surface area (Å²) >= 11 is 0. The van der Waals surface area contributed by atoms with Crippen molar-refractivity contribution in [2.45, 2.75) is 33.0 Å². The SMILES string of the molecule is CC(C)(C)C(=O)[C@H]1O[C@@H]1c1ccccc1[N+](=O)[O-]. The van der Waals surface area contributed by atoms with E-state index >= 15 is 0 Å². The van der Waals surface area contributed by atoms with Crippen LogP contribution in [0.25, 0.3) is 0 Å². The molecule has 5 nitrogen and oxygen atoms in total. The Morgan fingerprint density at radius 3 is 2.50 bits per heavy atom. The third-order valence-corrected chi connectivity index (χ3v) is 2.93. The molecule has 1 aromatic carbocycles. The number of hydrogen-bond donors (Lipinski definition) is 0. The normalized spacial score (nSPS) is 22.6. The molecule has 1 heterocycles. The Kier molecular flexibility index (Phi) is 2.94. The van der Waals surface area contributed by atoms with Gasteiger partial charge in [0, 0.05) is 11.5 Å². The Labute approximate surface area is 105 Å². The molecule has 0 aliphatic carbocycles. The van der Waals surface area contributed by atoms with Crippen LogP contribution in [0.1, 0.15) is 32.4 Å². The number of nitro benzene ring substituents is 1.